The van der Waals surface area contributed by atoms with Gasteiger partial charge in [0.2, 0.25) is 0 Å². The Kier molecular flexibility index (Phi) is 4.48. The van der Waals surface area contributed by atoms with Crippen LogP contribution in [0.5, 0.6) is 0 Å². The standard InChI is InChI=1S/C20H22N4O/c25-20(19-8-3-6-17-5-1-2-7-18(17)19)23-14-11-22(12-15-23)13-16-24-10-4-9-21-24/h1-10H,11-16H2. The Morgan fingerprint density at radius 1 is 0.920 bits per heavy atom. The summed E-state index contributed by atoms with van der Waals surface area (Å²) in [5.41, 5.74) is 0.808. The molecule has 0 radical (unpaired) electrons. The van der Waals surface area contributed by atoms with Gasteiger partial charge >= 0.3 is 0 Å². The highest BCUT2D eigenvalue weighted by Crippen LogP contribution is 2.20. The van der Waals surface area contributed by atoms with Crippen LogP contribution >= 0.6 is 0 Å². The molecule has 128 valence electrons. The number of piperazine rings is 1. The molecule has 0 atom stereocenters. The normalized spacial score (nSPS) is 15.6. The van der Waals surface area contributed by atoms with E-state index in [1.54, 1.807) is 6.20 Å². The second-order valence-corrected chi connectivity index (χ2v) is 6.43. The summed E-state index contributed by atoms with van der Waals surface area (Å²) in [5, 5.41) is 6.39. The molecule has 1 saturated heterocycles. The zero-order valence-corrected chi connectivity index (χ0v) is 14.2. The van der Waals surface area contributed by atoms with Crippen molar-refractivity contribution in [3.05, 3.63) is 66.5 Å². The number of carbonyl (C=O) groups is 1. The Balaban J connectivity index is 1.39. The van der Waals surface area contributed by atoms with E-state index in [9.17, 15) is 4.79 Å². The molecule has 25 heavy (non-hydrogen) atoms. The SMILES string of the molecule is O=C(c1cccc2ccccc12)N1CCN(CCn2cccn2)CC1. The van der Waals surface area contributed by atoms with Crippen LogP contribution < -0.4 is 0 Å². The van der Waals surface area contributed by atoms with Gasteiger partial charge in [-0.1, -0.05) is 36.4 Å². The van der Waals surface area contributed by atoms with Crippen LogP contribution in [0.15, 0.2) is 60.9 Å². The monoisotopic (exact) mass is 334 g/mol. The first kappa shape index (κ1) is 15.8. The van der Waals surface area contributed by atoms with E-state index in [-0.39, 0.29) is 5.91 Å². The summed E-state index contributed by atoms with van der Waals surface area (Å²) in [4.78, 5) is 17.3. The smallest absolute Gasteiger partial charge is 0.254 e. The largest absolute Gasteiger partial charge is 0.336 e. The maximum atomic E-state index is 13.0. The maximum absolute atomic E-state index is 13.0. The molecule has 1 aromatic heterocycles. The van der Waals surface area contributed by atoms with Crippen LogP contribution in [0.2, 0.25) is 0 Å². The van der Waals surface area contributed by atoms with Crippen molar-refractivity contribution in [2.75, 3.05) is 32.7 Å². The minimum absolute atomic E-state index is 0.142. The minimum atomic E-state index is 0.142. The summed E-state index contributed by atoms with van der Waals surface area (Å²) >= 11 is 0. The van der Waals surface area contributed by atoms with E-state index >= 15 is 0 Å². The highest BCUT2D eigenvalue weighted by atomic mass is 16.2. The molecule has 0 saturated carbocycles. The highest BCUT2D eigenvalue weighted by Gasteiger charge is 2.23. The third kappa shape index (κ3) is 3.42. The summed E-state index contributed by atoms with van der Waals surface area (Å²) < 4.78 is 1.95. The van der Waals surface area contributed by atoms with E-state index < -0.39 is 0 Å². The van der Waals surface area contributed by atoms with E-state index in [0.717, 1.165) is 55.6 Å². The average Bonchev–Trinajstić information content (AvgIpc) is 3.19. The van der Waals surface area contributed by atoms with Gasteiger partial charge in [0.1, 0.15) is 0 Å². The number of aromatic nitrogens is 2. The lowest BCUT2D eigenvalue weighted by Crippen LogP contribution is -2.49. The lowest BCUT2D eigenvalue weighted by Gasteiger charge is -2.34. The molecule has 0 spiro atoms. The van der Waals surface area contributed by atoms with Crippen molar-refractivity contribution in [1.29, 1.82) is 0 Å². The number of nitrogens with zero attached hydrogens (tertiary/aromatic N) is 4. The summed E-state index contributed by atoms with van der Waals surface area (Å²) in [7, 11) is 0. The fourth-order valence-corrected chi connectivity index (χ4v) is 3.43. The first-order chi connectivity index (χ1) is 12.3. The number of rotatable bonds is 4. The summed E-state index contributed by atoms with van der Waals surface area (Å²) in [5.74, 6) is 0.142. The summed E-state index contributed by atoms with van der Waals surface area (Å²) in [6.45, 7) is 5.25. The van der Waals surface area contributed by atoms with Crippen molar-refractivity contribution >= 4 is 16.7 Å². The molecule has 2 heterocycles. The molecular formula is C20H22N4O. The molecule has 0 N–H and O–H groups in total. The van der Waals surface area contributed by atoms with Gasteiger partial charge in [-0.15, -0.1) is 0 Å². The number of carbonyl (C=O) groups excluding carboxylic acids is 1. The summed E-state index contributed by atoms with van der Waals surface area (Å²) in [6, 6.07) is 16.0. The first-order valence-corrected chi connectivity index (χ1v) is 8.78. The van der Waals surface area contributed by atoms with Gasteiger partial charge in [-0.2, -0.15) is 5.10 Å². The molecule has 1 aliphatic rings. The van der Waals surface area contributed by atoms with Crippen molar-refractivity contribution in [3.63, 3.8) is 0 Å². The predicted molar refractivity (Wildman–Crippen MR) is 98.5 cm³/mol. The van der Waals surface area contributed by atoms with Crippen LogP contribution in [0.4, 0.5) is 0 Å². The Hall–Kier alpha value is -2.66. The molecule has 4 rings (SSSR count). The van der Waals surface area contributed by atoms with E-state index in [2.05, 4.69) is 22.1 Å². The molecule has 2 aromatic carbocycles. The van der Waals surface area contributed by atoms with Gasteiger partial charge in [0.25, 0.3) is 5.91 Å². The molecule has 1 fully saturated rings. The lowest BCUT2D eigenvalue weighted by molar-refractivity contribution is 0.0634. The Morgan fingerprint density at radius 3 is 2.52 bits per heavy atom. The van der Waals surface area contributed by atoms with Crippen molar-refractivity contribution in [2.24, 2.45) is 0 Å². The van der Waals surface area contributed by atoms with Gasteiger partial charge in [-0.05, 0) is 22.9 Å². The zero-order chi connectivity index (χ0) is 17.1. The van der Waals surface area contributed by atoms with Crippen LogP contribution in [0.1, 0.15) is 10.4 Å². The molecule has 5 heteroatoms. The van der Waals surface area contributed by atoms with Crippen LogP contribution in [-0.2, 0) is 6.54 Å². The average molecular weight is 334 g/mol. The highest BCUT2D eigenvalue weighted by molar-refractivity contribution is 6.07. The molecule has 0 unspecified atom stereocenters. The third-order valence-corrected chi connectivity index (χ3v) is 4.88. The van der Waals surface area contributed by atoms with Gasteiger partial charge in [-0.3, -0.25) is 14.4 Å². The molecule has 1 amide bonds. The number of fused-ring (bicyclic) bond motifs is 1. The van der Waals surface area contributed by atoms with Gasteiger partial charge < -0.3 is 4.90 Å². The fourth-order valence-electron chi connectivity index (χ4n) is 3.43. The number of benzene rings is 2. The van der Waals surface area contributed by atoms with E-state index in [1.165, 1.54) is 0 Å². The molecule has 5 nitrogen and oxygen atoms in total. The number of hydrogen-bond donors (Lipinski definition) is 0. The molecule has 3 aromatic rings. The van der Waals surface area contributed by atoms with Crippen molar-refractivity contribution in [1.82, 2.24) is 19.6 Å². The Labute approximate surface area is 147 Å². The Bertz CT molecular complexity index is 846. The van der Waals surface area contributed by atoms with Gasteiger partial charge in [0.15, 0.2) is 0 Å². The topological polar surface area (TPSA) is 41.4 Å². The lowest BCUT2D eigenvalue weighted by atomic mass is 10.0. The molecule has 1 aliphatic heterocycles. The zero-order valence-electron chi connectivity index (χ0n) is 14.2. The van der Waals surface area contributed by atoms with Crippen LogP contribution in [0.3, 0.4) is 0 Å². The number of hydrogen-bond acceptors (Lipinski definition) is 3. The van der Waals surface area contributed by atoms with Crippen molar-refractivity contribution in [2.45, 2.75) is 6.54 Å². The second kappa shape index (κ2) is 7.07. The van der Waals surface area contributed by atoms with Gasteiger partial charge in [-0.25, -0.2) is 0 Å². The van der Waals surface area contributed by atoms with Gasteiger partial charge in [0, 0.05) is 50.7 Å². The molecule has 0 bridgehead atoms. The van der Waals surface area contributed by atoms with Crippen LogP contribution in [-0.4, -0.2) is 58.2 Å². The Morgan fingerprint density at radius 2 is 1.72 bits per heavy atom. The van der Waals surface area contributed by atoms with E-state index in [1.807, 2.05) is 52.2 Å². The maximum Gasteiger partial charge on any atom is 0.254 e. The molecular weight excluding hydrogens is 312 g/mol. The van der Waals surface area contributed by atoms with Crippen LogP contribution in [0.25, 0.3) is 10.8 Å². The first-order valence-electron chi connectivity index (χ1n) is 8.78. The van der Waals surface area contributed by atoms with Crippen molar-refractivity contribution in [3.8, 4) is 0 Å². The van der Waals surface area contributed by atoms with Crippen LogP contribution in [0, 0.1) is 0 Å². The third-order valence-electron chi connectivity index (χ3n) is 4.88. The van der Waals surface area contributed by atoms with Gasteiger partial charge in [0.05, 0.1) is 6.54 Å². The number of amides is 1. The summed E-state index contributed by atoms with van der Waals surface area (Å²) in [6.07, 6.45) is 3.79. The second-order valence-electron chi connectivity index (χ2n) is 6.43. The van der Waals surface area contributed by atoms with E-state index in [4.69, 9.17) is 0 Å². The molecule has 0 aliphatic carbocycles. The quantitative estimate of drug-likeness (QED) is 0.736. The fraction of sp³-hybridized carbons (Fsp3) is 0.300. The predicted octanol–water partition coefficient (Wildman–Crippen LogP) is 2.49. The van der Waals surface area contributed by atoms with E-state index in [0.29, 0.717) is 0 Å². The minimum Gasteiger partial charge on any atom is -0.336 e. The van der Waals surface area contributed by atoms with Crippen molar-refractivity contribution < 1.29 is 4.79 Å².